The first-order chi connectivity index (χ1) is 8.16. The zero-order chi connectivity index (χ0) is 11.9. The molecule has 1 aromatic carbocycles. The highest BCUT2D eigenvalue weighted by Crippen LogP contribution is 2.38. The second kappa shape index (κ2) is 3.82. The van der Waals surface area contributed by atoms with Crippen LogP contribution in [0.15, 0.2) is 24.3 Å². The molecule has 1 amide bonds. The van der Waals surface area contributed by atoms with Crippen molar-refractivity contribution in [3.05, 3.63) is 29.8 Å². The molecule has 2 aliphatic rings. The smallest absolute Gasteiger partial charge is 0.253 e. The van der Waals surface area contributed by atoms with Gasteiger partial charge in [0, 0.05) is 6.42 Å². The summed E-state index contributed by atoms with van der Waals surface area (Å²) in [6.45, 7) is 0.451. The van der Waals surface area contributed by atoms with Crippen LogP contribution in [0.25, 0.3) is 0 Å². The standard InChI is InChI=1S/C13H15NO3/c15-12-4-7-17-14(12)11-3-1-2-10(8-11)9-13(16)5-6-13/h1-3,8,16H,4-7,9H2. The average molecular weight is 233 g/mol. The Hall–Kier alpha value is -1.39. The van der Waals surface area contributed by atoms with Crippen LogP contribution in [0.1, 0.15) is 24.8 Å². The molecule has 0 aromatic heterocycles. The van der Waals surface area contributed by atoms with Gasteiger partial charge in [0.25, 0.3) is 5.91 Å². The van der Waals surface area contributed by atoms with Gasteiger partial charge < -0.3 is 5.11 Å². The number of amides is 1. The Morgan fingerprint density at radius 2 is 2.24 bits per heavy atom. The van der Waals surface area contributed by atoms with Crippen molar-refractivity contribution >= 4 is 11.6 Å². The van der Waals surface area contributed by atoms with Crippen LogP contribution in [-0.2, 0) is 16.1 Å². The lowest BCUT2D eigenvalue weighted by Crippen LogP contribution is -2.22. The van der Waals surface area contributed by atoms with E-state index >= 15 is 0 Å². The average Bonchev–Trinajstić information content (AvgIpc) is 2.87. The number of hydroxylamine groups is 1. The van der Waals surface area contributed by atoms with Crippen molar-refractivity contribution in [3.8, 4) is 0 Å². The second-order valence-corrected chi connectivity index (χ2v) is 4.84. The van der Waals surface area contributed by atoms with E-state index in [4.69, 9.17) is 4.84 Å². The quantitative estimate of drug-likeness (QED) is 0.859. The van der Waals surface area contributed by atoms with Crippen LogP contribution in [0, 0.1) is 0 Å². The van der Waals surface area contributed by atoms with Gasteiger partial charge in [-0.25, -0.2) is 0 Å². The number of carbonyl (C=O) groups is 1. The lowest BCUT2D eigenvalue weighted by atomic mass is 10.1. The Kier molecular flexibility index (Phi) is 2.42. The third kappa shape index (κ3) is 2.18. The number of benzene rings is 1. The Morgan fingerprint density at radius 1 is 1.41 bits per heavy atom. The predicted molar refractivity (Wildman–Crippen MR) is 62.4 cm³/mol. The molecule has 1 saturated carbocycles. The molecule has 0 unspecified atom stereocenters. The first-order valence-electron chi connectivity index (χ1n) is 5.94. The molecule has 4 nitrogen and oxygen atoms in total. The van der Waals surface area contributed by atoms with E-state index in [1.807, 2.05) is 24.3 Å². The van der Waals surface area contributed by atoms with E-state index in [0.717, 1.165) is 24.1 Å². The zero-order valence-electron chi connectivity index (χ0n) is 9.56. The Balaban J connectivity index is 1.81. The van der Waals surface area contributed by atoms with Gasteiger partial charge in [-0.1, -0.05) is 12.1 Å². The van der Waals surface area contributed by atoms with Crippen molar-refractivity contribution in [3.63, 3.8) is 0 Å². The molecule has 0 radical (unpaired) electrons. The summed E-state index contributed by atoms with van der Waals surface area (Å²) in [5, 5.41) is 11.2. The molecule has 1 aromatic rings. The van der Waals surface area contributed by atoms with E-state index in [-0.39, 0.29) is 5.91 Å². The van der Waals surface area contributed by atoms with Gasteiger partial charge in [-0.15, -0.1) is 0 Å². The van der Waals surface area contributed by atoms with Crippen molar-refractivity contribution in [2.75, 3.05) is 11.7 Å². The molecule has 17 heavy (non-hydrogen) atoms. The number of hydrogen-bond donors (Lipinski definition) is 1. The lowest BCUT2D eigenvalue weighted by molar-refractivity contribution is -0.119. The highest BCUT2D eigenvalue weighted by Gasteiger charge is 2.40. The van der Waals surface area contributed by atoms with Crippen LogP contribution in [-0.4, -0.2) is 23.2 Å². The molecular formula is C13H15NO3. The van der Waals surface area contributed by atoms with E-state index in [1.54, 1.807) is 0 Å². The van der Waals surface area contributed by atoms with Crippen LogP contribution < -0.4 is 5.06 Å². The minimum Gasteiger partial charge on any atom is -0.390 e. The predicted octanol–water partition coefficient (Wildman–Crippen LogP) is 1.42. The molecule has 2 fully saturated rings. The van der Waals surface area contributed by atoms with Crippen LogP contribution in [0.3, 0.4) is 0 Å². The summed E-state index contributed by atoms with van der Waals surface area (Å²) >= 11 is 0. The summed E-state index contributed by atoms with van der Waals surface area (Å²) in [7, 11) is 0. The fourth-order valence-electron chi connectivity index (χ4n) is 2.11. The number of nitrogens with zero attached hydrogens (tertiary/aromatic N) is 1. The fraction of sp³-hybridized carbons (Fsp3) is 0.462. The second-order valence-electron chi connectivity index (χ2n) is 4.84. The monoisotopic (exact) mass is 233 g/mol. The van der Waals surface area contributed by atoms with Gasteiger partial charge in [0.15, 0.2) is 0 Å². The fourth-order valence-corrected chi connectivity index (χ4v) is 2.11. The van der Waals surface area contributed by atoms with E-state index in [9.17, 15) is 9.90 Å². The van der Waals surface area contributed by atoms with Crippen molar-refractivity contribution in [1.29, 1.82) is 0 Å². The molecule has 1 N–H and O–H groups in total. The maximum absolute atomic E-state index is 11.5. The summed E-state index contributed by atoms with van der Waals surface area (Å²) in [6.07, 6.45) is 2.84. The summed E-state index contributed by atoms with van der Waals surface area (Å²) in [5.41, 5.74) is 1.30. The van der Waals surface area contributed by atoms with E-state index in [0.29, 0.717) is 19.4 Å². The molecular weight excluding hydrogens is 218 g/mol. The van der Waals surface area contributed by atoms with Gasteiger partial charge in [0.05, 0.1) is 24.3 Å². The number of hydrogen-bond acceptors (Lipinski definition) is 3. The lowest BCUT2D eigenvalue weighted by Gasteiger charge is -2.15. The SMILES string of the molecule is O=C1CCON1c1cccc(CC2(O)CC2)c1. The molecule has 1 heterocycles. The normalized spacial score (nSPS) is 21.9. The van der Waals surface area contributed by atoms with Crippen LogP contribution >= 0.6 is 0 Å². The Labute approximate surface area is 99.8 Å². The molecule has 0 bridgehead atoms. The summed E-state index contributed by atoms with van der Waals surface area (Å²) in [5.74, 6) is -0.00714. The molecule has 0 atom stereocenters. The third-order valence-electron chi connectivity index (χ3n) is 3.27. The highest BCUT2D eigenvalue weighted by molar-refractivity contribution is 5.92. The van der Waals surface area contributed by atoms with Gasteiger partial charge in [0.1, 0.15) is 0 Å². The van der Waals surface area contributed by atoms with E-state index < -0.39 is 5.60 Å². The van der Waals surface area contributed by atoms with Gasteiger partial charge in [0.2, 0.25) is 0 Å². The largest absolute Gasteiger partial charge is 0.390 e. The first kappa shape index (κ1) is 10.7. The summed E-state index contributed by atoms with van der Waals surface area (Å²) in [6, 6.07) is 7.63. The molecule has 4 heteroatoms. The first-order valence-corrected chi connectivity index (χ1v) is 5.94. The number of anilines is 1. The molecule has 3 rings (SSSR count). The van der Waals surface area contributed by atoms with Gasteiger partial charge >= 0.3 is 0 Å². The van der Waals surface area contributed by atoms with Crippen molar-refractivity contribution in [2.45, 2.75) is 31.3 Å². The number of carbonyl (C=O) groups excluding carboxylic acids is 1. The maximum atomic E-state index is 11.5. The van der Waals surface area contributed by atoms with Crippen LogP contribution in [0.2, 0.25) is 0 Å². The van der Waals surface area contributed by atoms with Crippen LogP contribution in [0.5, 0.6) is 0 Å². The molecule has 1 aliphatic heterocycles. The van der Waals surface area contributed by atoms with Crippen molar-refractivity contribution in [1.82, 2.24) is 0 Å². The van der Waals surface area contributed by atoms with Gasteiger partial charge in [-0.05, 0) is 30.5 Å². The minimum absolute atomic E-state index is 0.00714. The van der Waals surface area contributed by atoms with Gasteiger partial charge in [-0.2, -0.15) is 5.06 Å². The van der Waals surface area contributed by atoms with Crippen molar-refractivity contribution in [2.24, 2.45) is 0 Å². The topological polar surface area (TPSA) is 49.8 Å². The molecule has 0 spiro atoms. The Morgan fingerprint density at radius 3 is 2.88 bits per heavy atom. The molecule has 90 valence electrons. The highest BCUT2D eigenvalue weighted by atomic mass is 16.7. The Bertz CT molecular complexity index is 454. The van der Waals surface area contributed by atoms with Crippen LogP contribution in [0.4, 0.5) is 5.69 Å². The maximum Gasteiger partial charge on any atom is 0.253 e. The zero-order valence-corrected chi connectivity index (χ0v) is 9.56. The number of rotatable bonds is 3. The minimum atomic E-state index is -0.505. The number of aliphatic hydroxyl groups is 1. The van der Waals surface area contributed by atoms with E-state index in [1.165, 1.54) is 5.06 Å². The van der Waals surface area contributed by atoms with Gasteiger partial charge in [-0.3, -0.25) is 9.63 Å². The summed E-state index contributed by atoms with van der Waals surface area (Å²) in [4.78, 5) is 16.8. The third-order valence-corrected chi connectivity index (χ3v) is 3.27. The summed E-state index contributed by atoms with van der Waals surface area (Å²) < 4.78 is 0. The van der Waals surface area contributed by atoms with E-state index in [2.05, 4.69) is 0 Å². The molecule has 1 aliphatic carbocycles. The van der Waals surface area contributed by atoms with Crippen molar-refractivity contribution < 1.29 is 14.7 Å². The molecule has 1 saturated heterocycles.